The van der Waals surface area contributed by atoms with Gasteiger partial charge in [0.1, 0.15) is 11.3 Å². The van der Waals surface area contributed by atoms with Crippen molar-refractivity contribution in [2.24, 2.45) is 0 Å². The zero-order valence-corrected chi connectivity index (χ0v) is 17.5. The summed E-state index contributed by atoms with van der Waals surface area (Å²) in [5.74, 6) is -0.439. The van der Waals surface area contributed by atoms with Crippen LogP contribution >= 0.6 is 0 Å². The number of nitro groups is 1. The van der Waals surface area contributed by atoms with Gasteiger partial charge in [-0.25, -0.2) is 9.97 Å². The van der Waals surface area contributed by atoms with Crippen LogP contribution in [0.25, 0.3) is 22.6 Å². The Balaban J connectivity index is 1.37. The van der Waals surface area contributed by atoms with E-state index in [2.05, 4.69) is 15.3 Å². The van der Waals surface area contributed by atoms with E-state index in [-0.39, 0.29) is 11.3 Å². The van der Waals surface area contributed by atoms with E-state index in [0.29, 0.717) is 11.4 Å². The summed E-state index contributed by atoms with van der Waals surface area (Å²) in [6.45, 7) is 2.01. The summed E-state index contributed by atoms with van der Waals surface area (Å²) in [4.78, 5) is 32.3. The third-order valence-corrected chi connectivity index (χ3v) is 5.33. The molecule has 0 saturated carbocycles. The molecule has 0 aliphatic carbocycles. The van der Waals surface area contributed by atoms with Crippen molar-refractivity contribution >= 4 is 22.9 Å². The molecule has 0 aliphatic heterocycles. The first kappa shape index (κ1) is 20.1. The van der Waals surface area contributed by atoms with Crippen LogP contribution in [-0.2, 0) is 0 Å². The quantitative estimate of drug-likeness (QED) is 0.317. The zero-order chi connectivity index (χ0) is 22.9. The number of aryl methyl sites for hydroxylation is 1. The molecule has 0 aliphatic rings. The van der Waals surface area contributed by atoms with Crippen LogP contribution < -0.4 is 5.32 Å². The number of nitrogens with one attached hydrogen (secondary N) is 1. The average molecular weight is 438 g/mol. The summed E-state index contributed by atoms with van der Waals surface area (Å²) < 4.78 is 3.50. The van der Waals surface area contributed by atoms with Gasteiger partial charge in [0.05, 0.1) is 16.9 Å². The number of benzene rings is 2. The van der Waals surface area contributed by atoms with Crippen LogP contribution in [-0.4, -0.2) is 29.8 Å². The largest absolute Gasteiger partial charge is 0.322 e. The summed E-state index contributed by atoms with van der Waals surface area (Å²) in [7, 11) is 0. The maximum absolute atomic E-state index is 12.7. The maximum atomic E-state index is 12.7. The minimum absolute atomic E-state index is 0.182. The van der Waals surface area contributed by atoms with Crippen molar-refractivity contribution in [3.63, 3.8) is 0 Å². The molecule has 2 aromatic carbocycles. The lowest BCUT2D eigenvalue weighted by Crippen LogP contribution is -2.12. The smallest absolute Gasteiger partial charge is 0.294 e. The normalized spacial score (nSPS) is 10.9. The number of pyridine rings is 1. The highest BCUT2D eigenvalue weighted by Crippen LogP contribution is 2.26. The number of hydrogen-bond acceptors (Lipinski definition) is 5. The first-order chi connectivity index (χ1) is 16.0. The molecule has 5 rings (SSSR count). The monoisotopic (exact) mass is 438 g/mol. The third kappa shape index (κ3) is 3.83. The highest BCUT2D eigenvalue weighted by molar-refractivity contribution is 6.05. The number of hydrogen-bond donors (Lipinski definition) is 1. The van der Waals surface area contributed by atoms with Crippen molar-refractivity contribution in [1.82, 2.24) is 18.9 Å². The van der Waals surface area contributed by atoms with Gasteiger partial charge in [0.15, 0.2) is 0 Å². The molecule has 0 unspecified atom stereocenters. The molecule has 0 bridgehead atoms. The fourth-order valence-electron chi connectivity index (χ4n) is 3.65. The first-order valence-electron chi connectivity index (χ1n) is 10.1. The lowest BCUT2D eigenvalue weighted by molar-refractivity contribution is -0.384. The minimum Gasteiger partial charge on any atom is -0.322 e. The van der Waals surface area contributed by atoms with Gasteiger partial charge in [-0.05, 0) is 42.8 Å². The fourth-order valence-corrected chi connectivity index (χ4v) is 3.65. The Morgan fingerprint density at radius 2 is 1.91 bits per heavy atom. The topological polar surface area (TPSA) is 107 Å². The van der Waals surface area contributed by atoms with E-state index in [0.717, 1.165) is 22.5 Å². The maximum Gasteiger partial charge on any atom is 0.294 e. The molecule has 1 amide bonds. The molecule has 0 fully saturated rings. The fraction of sp³-hybridized carbons (Fsp3) is 0.0417. The van der Waals surface area contributed by atoms with E-state index in [9.17, 15) is 14.9 Å². The number of carbonyl (C=O) groups excluding carboxylic acids is 1. The van der Waals surface area contributed by atoms with Gasteiger partial charge in [0, 0.05) is 47.7 Å². The van der Waals surface area contributed by atoms with Crippen molar-refractivity contribution in [3.8, 4) is 16.9 Å². The number of anilines is 1. The number of fused-ring (bicyclic) bond motifs is 1. The van der Waals surface area contributed by atoms with Crippen molar-refractivity contribution in [2.75, 3.05) is 5.32 Å². The van der Waals surface area contributed by atoms with E-state index in [1.165, 1.54) is 29.2 Å². The van der Waals surface area contributed by atoms with Gasteiger partial charge >= 0.3 is 0 Å². The summed E-state index contributed by atoms with van der Waals surface area (Å²) in [5.41, 5.74) is 4.63. The Morgan fingerprint density at radius 1 is 1.09 bits per heavy atom. The molecule has 0 saturated heterocycles. The second kappa shape index (κ2) is 8.04. The Bertz CT molecular complexity index is 1490. The van der Waals surface area contributed by atoms with Crippen LogP contribution in [0.15, 0.2) is 85.7 Å². The third-order valence-electron chi connectivity index (χ3n) is 5.33. The van der Waals surface area contributed by atoms with Gasteiger partial charge < -0.3 is 14.3 Å². The molecule has 162 valence electrons. The summed E-state index contributed by atoms with van der Waals surface area (Å²) in [6.07, 6.45) is 8.51. The number of carbonyl (C=O) groups is 1. The molecule has 3 heterocycles. The molecule has 3 aromatic heterocycles. The van der Waals surface area contributed by atoms with Crippen LogP contribution in [0.3, 0.4) is 0 Å². The van der Waals surface area contributed by atoms with Gasteiger partial charge in [-0.2, -0.15) is 0 Å². The van der Waals surface area contributed by atoms with E-state index in [1.54, 1.807) is 24.4 Å². The Labute approximate surface area is 188 Å². The van der Waals surface area contributed by atoms with Crippen molar-refractivity contribution in [3.05, 3.63) is 107 Å². The number of aromatic nitrogens is 4. The average Bonchev–Trinajstić information content (AvgIpc) is 3.50. The number of amides is 1. The van der Waals surface area contributed by atoms with E-state index < -0.39 is 10.8 Å². The van der Waals surface area contributed by atoms with Gasteiger partial charge in [-0.1, -0.05) is 18.2 Å². The lowest BCUT2D eigenvalue weighted by Gasteiger charge is -2.08. The Hall–Kier alpha value is -4.79. The predicted molar refractivity (Wildman–Crippen MR) is 124 cm³/mol. The van der Waals surface area contributed by atoms with Crippen molar-refractivity contribution in [1.29, 1.82) is 0 Å². The highest BCUT2D eigenvalue weighted by atomic mass is 16.6. The summed E-state index contributed by atoms with van der Waals surface area (Å²) in [6, 6.07) is 15.6. The molecule has 5 aromatic rings. The molecule has 0 radical (unpaired) electrons. The number of rotatable bonds is 5. The molecule has 0 atom stereocenters. The molecule has 0 spiro atoms. The minimum atomic E-state index is -0.516. The number of imidazole rings is 2. The van der Waals surface area contributed by atoms with Crippen LogP contribution in [0.4, 0.5) is 11.4 Å². The predicted octanol–water partition coefficient (Wildman–Crippen LogP) is 4.66. The van der Waals surface area contributed by atoms with Gasteiger partial charge in [0.2, 0.25) is 0 Å². The van der Waals surface area contributed by atoms with E-state index in [4.69, 9.17) is 0 Å². The van der Waals surface area contributed by atoms with Gasteiger partial charge in [-0.3, -0.25) is 14.9 Å². The van der Waals surface area contributed by atoms with Crippen molar-refractivity contribution in [2.45, 2.75) is 6.92 Å². The molecule has 1 N–H and O–H groups in total. The molecule has 33 heavy (non-hydrogen) atoms. The highest BCUT2D eigenvalue weighted by Gasteiger charge is 2.19. The number of nitrogens with zero attached hydrogens (tertiary/aromatic N) is 5. The van der Waals surface area contributed by atoms with Crippen LogP contribution in [0, 0.1) is 17.0 Å². The van der Waals surface area contributed by atoms with Crippen LogP contribution in [0.2, 0.25) is 0 Å². The van der Waals surface area contributed by atoms with E-state index >= 15 is 0 Å². The standard InChI is InChI=1S/C24H18N6O3/c1-16-3-2-11-28-14-20(27-23(16)28)17-4-7-19(8-5-17)26-24(31)18-6-9-21(22(13-18)30(32)33)29-12-10-25-15-29/h2-15H,1H3,(H,26,31). The second-order valence-electron chi connectivity index (χ2n) is 7.51. The molecular weight excluding hydrogens is 420 g/mol. The molecular formula is C24H18N6O3. The summed E-state index contributed by atoms with van der Waals surface area (Å²) >= 11 is 0. The number of nitro benzene ring substituents is 1. The first-order valence-corrected chi connectivity index (χ1v) is 10.1. The SMILES string of the molecule is Cc1cccn2cc(-c3ccc(NC(=O)c4ccc(-n5ccnc5)c([N+](=O)[O-])c4)cc3)nc12. The van der Waals surface area contributed by atoms with Gasteiger partial charge in [-0.15, -0.1) is 0 Å². The molecule has 9 heteroatoms. The van der Waals surface area contributed by atoms with Gasteiger partial charge in [0.25, 0.3) is 11.6 Å². The van der Waals surface area contributed by atoms with Crippen LogP contribution in [0.1, 0.15) is 15.9 Å². The van der Waals surface area contributed by atoms with E-state index in [1.807, 2.05) is 48.0 Å². The van der Waals surface area contributed by atoms with Crippen LogP contribution in [0.5, 0.6) is 0 Å². The summed E-state index contributed by atoms with van der Waals surface area (Å²) in [5, 5.41) is 14.3. The molecule has 9 nitrogen and oxygen atoms in total. The van der Waals surface area contributed by atoms with Crippen molar-refractivity contribution < 1.29 is 9.72 Å². The zero-order valence-electron chi connectivity index (χ0n) is 17.5. The lowest BCUT2D eigenvalue weighted by atomic mass is 10.1. The Morgan fingerprint density at radius 3 is 2.61 bits per heavy atom. The second-order valence-corrected chi connectivity index (χ2v) is 7.51. The Kier molecular flexibility index (Phi) is 4.91.